The van der Waals surface area contributed by atoms with Crippen molar-refractivity contribution in [2.75, 3.05) is 20.3 Å². The molecule has 5 nitrogen and oxygen atoms in total. The Labute approximate surface area is 120 Å². The Morgan fingerprint density at radius 2 is 2.10 bits per heavy atom. The maximum absolute atomic E-state index is 12.4. The predicted octanol–water partition coefficient (Wildman–Crippen LogP) is 1.77. The highest BCUT2D eigenvalue weighted by molar-refractivity contribution is 7.89. The number of nitrogens with one attached hydrogen (secondary N) is 1. The van der Waals surface area contributed by atoms with Crippen molar-refractivity contribution >= 4 is 10.0 Å². The Morgan fingerprint density at radius 3 is 2.70 bits per heavy atom. The minimum Gasteiger partial charge on any atom is -0.496 e. The summed E-state index contributed by atoms with van der Waals surface area (Å²) in [6.07, 6.45) is 1.89. The molecule has 0 unspecified atom stereocenters. The summed E-state index contributed by atoms with van der Waals surface area (Å²) < 4.78 is 38.0. The summed E-state index contributed by atoms with van der Waals surface area (Å²) in [6, 6.07) is 3.27. The van der Waals surface area contributed by atoms with E-state index in [1.165, 1.54) is 0 Å². The molecular weight excluding hydrogens is 278 g/mol. The zero-order chi connectivity index (χ0) is 14.8. The molecule has 112 valence electrons. The van der Waals surface area contributed by atoms with Crippen LogP contribution in [0, 0.1) is 13.8 Å². The Balaban J connectivity index is 2.18. The second kappa shape index (κ2) is 6.11. The fourth-order valence-corrected chi connectivity index (χ4v) is 3.73. The molecule has 1 heterocycles. The molecule has 0 radical (unpaired) electrons. The highest BCUT2D eigenvalue weighted by Crippen LogP contribution is 2.26. The van der Waals surface area contributed by atoms with Crippen molar-refractivity contribution in [3.63, 3.8) is 0 Å². The van der Waals surface area contributed by atoms with E-state index in [9.17, 15) is 8.42 Å². The third kappa shape index (κ3) is 3.13. The molecule has 0 saturated carbocycles. The van der Waals surface area contributed by atoms with Gasteiger partial charge in [0, 0.05) is 13.2 Å². The Hall–Kier alpha value is -1.11. The first-order valence-electron chi connectivity index (χ1n) is 6.71. The van der Waals surface area contributed by atoms with E-state index in [0.29, 0.717) is 29.4 Å². The van der Waals surface area contributed by atoms with E-state index in [0.717, 1.165) is 18.4 Å². The quantitative estimate of drug-likeness (QED) is 0.900. The number of rotatable bonds is 5. The second-order valence-corrected chi connectivity index (χ2v) is 6.74. The standard InChI is InChI=1S/C14H21NO4S/c1-10-11(2)14(7-6-13(10)18-3)20(16,17)15-9-12-5-4-8-19-12/h6-7,12,15H,4-5,8-9H2,1-3H3/t12-/m0/s1. The van der Waals surface area contributed by atoms with Crippen molar-refractivity contribution in [2.45, 2.75) is 37.7 Å². The third-order valence-electron chi connectivity index (χ3n) is 3.72. The molecule has 0 spiro atoms. The van der Waals surface area contributed by atoms with Gasteiger partial charge in [-0.2, -0.15) is 0 Å². The molecule has 1 saturated heterocycles. The highest BCUT2D eigenvalue weighted by atomic mass is 32.2. The van der Waals surface area contributed by atoms with E-state index in [4.69, 9.17) is 9.47 Å². The smallest absolute Gasteiger partial charge is 0.240 e. The first kappa shape index (κ1) is 15.3. The largest absolute Gasteiger partial charge is 0.496 e. The van der Waals surface area contributed by atoms with Gasteiger partial charge in [0.1, 0.15) is 5.75 Å². The molecule has 1 fully saturated rings. The SMILES string of the molecule is COc1ccc(S(=O)(=O)NC[C@@H]2CCCO2)c(C)c1C. The Morgan fingerprint density at radius 1 is 1.35 bits per heavy atom. The van der Waals surface area contributed by atoms with Crippen LogP contribution in [0.15, 0.2) is 17.0 Å². The topological polar surface area (TPSA) is 64.6 Å². The van der Waals surface area contributed by atoms with E-state index in [1.807, 2.05) is 6.92 Å². The fraction of sp³-hybridized carbons (Fsp3) is 0.571. The molecule has 2 rings (SSSR count). The van der Waals surface area contributed by atoms with E-state index in [2.05, 4.69) is 4.72 Å². The van der Waals surface area contributed by atoms with Crippen molar-refractivity contribution in [3.8, 4) is 5.75 Å². The van der Waals surface area contributed by atoms with Gasteiger partial charge in [0.2, 0.25) is 10.0 Å². The number of hydrogen-bond donors (Lipinski definition) is 1. The first-order chi connectivity index (χ1) is 9.45. The van der Waals surface area contributed by atoms with Crippen LogP contribution in [0.2, 0.25) is 0 Å². The molecule has 1 N–H and O–H groups in total. The van der Waals surface area contributed by atoms with Crippen LogP contribution in [-0.4, -0.2) is 34.8 Å². The van der Waals surface area contributed by atoms with Crippen LogP contribution < -0.4 is 9.46 Å². The summed E-state index contributed by atoms with van der Waals surface area (Å²) in [5.74, 6) is 0.695. The van der Waals surface area contributed by atoms with Gasteiger partial charge in [0.05, 0.1) is 18.1 Å². The molecule has 1 atom stereocenters. The average Bonchev–Trinajstić information content (AvgIpc) is 2.92. The highest BCUT2D eigenvalue weighted by Gasteiger charge is 2.22. The normalized spacial score (nSPS) is 19.2. The van der Waals surface area contributed by atoms with Crippen molar-refractivity contribution in [3.05, 3.63) is 23.3 Å². The number of hydrogen-bond acceptors (Lipinski definition) is 4. The lowest BCUT2D eigenvalue weighted by Gasteiger charge is -2.15. The monoisotopic (exact) mass is 299 g/mol. The zero-order valence-electron chi connectivity index (χ0n) is 12.1. The Kier molecular flexibility index (Phi) is 4.67. The molecule has 0 amide bonds. The van der Waals surface area contributed by atoms with E-state index in [1.54, 1.807) is 26.2 Å². The number of ether oxygens (including phenoxy) is 2. The molecule has 20 heavy (non-hydrogen) atoms. The maximum atomic E-state index is 12.4. The van der Waals surface area contributed by atoms with Crippen molar-refractivity contribution in [1.29, 1.82) is 0 Å². The molecule has 0 aromatic heterocycles. The van der Waals surface area contributed by atoms with Gasteiger partial charge >= 0.3 is 0 Å². The lowest BCUT2D eigenvalue weighted by atomic mass is 10.1. The van der Waals surface area contributed by atoms with E-state index < -0.39 is 10.0 Å². The Bertz CT molecular complexity index is 577. The second-order valence-electron chi connectivity index (χ2n) is 5.00. The van der Waals surface area contributed by atoms with Crippen molar-refractivity contribution < 1.29 is 17.9 Å². The summed E-state index contributed by atoms with van der Waals surface area (Å²) in [7, 11) is -1.94. The molecule has 0 aliphatic carbocycles. The first-order valence-corrected chi connectivity index (χ1v) is 8.19. The van der Waals surface area contributed by atoms with Crippen LogP contribution in [-0.2, 0) is 14.8 Å². The maximum Gasteiger partial charge on any atom is 0.240 e. The minimum atomic E-state index is -3.51. The van der Waals surface area contributed by atoms with Crippen LogP contribution in [0.25, 0.3) is 0 Å². The molecule has 0 bridgehead atoms. The molecule has 1 aromatic rings. The predicted molar refractivity (Wildman–Crippen MR) is 76.6 cm³/mol. The molecule has 6 heteroatoms. The minimum absolute atomic E-state index is 0.00979. The van der Waals surface area contributed by atoms with Gasteiger partial charge in [0.25, 0.3) is 0 Å². The van der Waals surface area contributed by atoms with Gasteiger partial charge in [-0.15, -0.1) is 0 Å². The van der Waals surface area contributed by atoms with Crippen LogP contribution in [0.1, 0.15) is 24.0 Å². The van der Waals surface area contributed by atoms with Crippen LogP contribution in [0.4, 0.5) is 0 Å². The van der Waals surface area contributed by atoms with Crippen LogP contribution >= 0.6 is 0 Å². The molecule has 1 aliphatic heterocycles. The summed E-state index contributed by atoms with van der Waals surface area (Å²) in [5.41, 5.74) is 1.55. The molecular formula is C14H21NO4S. The number of methoxy groups -OCH3 is 1. The van der Waals surface area contributed by atoms with Gasteiger partial charge < -0.3 is 9.47 Å². The van der Waals surface area contributed by atoms with Crippen LogP contribution in [0.5, 0.6) is 5.75 Å². The van der Waals surface area contributed by atoms with Gasteiger partial charge in [-0.05, 0) is 49.9 Å². The fourth-order valence-electron chi connectivity index (χ4n) is 2.37. The lowest BCUT2D eigenvalue weighted by molar-refractivity contribution is 0.114. The molecule has 1 aliphatic rings. The zero-order valence-corrected chi connectivity index (χ0v) is 12.9. The van der Waals surface area contributed by atoms with Gasteiger partial charge in [-0.1, -0.05) is 0 Å². The van der Waals surface area contributed by atoms with Crippen molar-refractivity contribution in [2.24, 2.45) is 0 Å². The van der Waals surface area contributed by atoms with Gasteiger partial charge in [-0.3, -0.25) is 0 Å². The van der Waals surface area contributed by atoms with E-state index in [-0.39, 0.29) is 6.10 Å². The van der Waals surface area contributed by atoms with E-state index >= 15 is 0 Å². The van der Waals surface area contributed by atoms with Gasteiger partial charge in [0.15, 0.2) is 0 Å². The van der Waals surface area contributed by atoms with Crippen LogP contribution in [0.3, 0.4) is 0 Å². The number of sulfonamides is 1. The summed E-state index contributed by atoms with van der Waals surface area (Å²) in [5, 5.41) is 0. The van der Waals surface area contributed by atoms with Crippen molar-refractivity contribution in [1.82, 2.24) is 4.72 Å². The summed E-state index contributed by atoms with van der Waals surface area (Å²) in [4.78, 5) is 0.300. The summed E-state index contributed by atoms with van der Waals surface area (Å²) in [6.45, 7) is 4.69. The lowest BCUT2D eigenvalue weighted by Crippen LogP contribution is -2.32. The summed E-state index contributed by atoms with van der Waals surface area (Å²) >= 11 is 0. The average molecular weight is 299 g/mol. The third-order valence-corrected chi connectivity index (χ3v) is 5.29. The van der Waals surface area contributed by atoms with Gasteiger partial charge in [-0.25, -0.2) is 13.1 Å². The molecule has 1 aromatic carbocycles. The number of benzene rings is 1.